The van der Waals surface area contributed by atoms with Gasteiger partial charge in [0.1, 0.15) is 0 Å². The van der Waals surface area contributed by atoms with E-state index < -0.39 is 5.97 Å². The fraction of sp³-hybridized carbons (Fsp3) is 0.250. The molecular formula is C20H21BrN2O2. The lowest BCUT2D eigenvalue weighted by Gasteiger charge is -2.22. The van der Waals surface area contributed by atoms with Gasteiger partial charge in [0.2, 0.25) is 0 Å². The number of hydrogen-bond acceptors (Lipinski definition) is 2. The molecule has 1 aromatic heterocycles. The minimum atomic E-state index is -0.869. The standard InChI is InChI=1S/C13H14N2O2.C7H7Br/c1-15-5-4-12-10(7-15)9-6-8(13(16)17)2-3-11(9)14-12;8-6-7-4-2-1-3-5-7/h2-3,6,14H,4-5,7H2,1H3,(H,16,17);1-5H,6H2. The van der Waals surface area contributed by atoms with Gasteiger partial charge >= 0.3 is 5.97 Å². The second kappa shape index (κ2) is 7.85. The minimum Gasteiger partial charge on any atom is -0.478 e. The SMILES string of the molecule is BrCc1ccccc1.CN1CCc2[nH]c3ccc(C(=O)O)cc3c2C1. The fourth-order valence-corrected chi connectivity index (χ4v) is 3.42. The summed E-state index contributed by atoms with van der Waals surface area (Å²) in [5.74, 6) is -0.869. The number of rotatable bonds is 2. The first-order valence-corrected chi connectivity index (χ1v) is 9.36. The van der Waals surface area contributed by atoms with E-state index in [2.05, 4.69) is 45.0 Å². The van der Waals surface area contributed by atoms with Crippen molar-refractivity contribution >= 4 is 32.8 Å². The van der Waals surface area contributed by atoms with E-state index in [1.165, 1.54) is 16.8 Å². The molecule has 2 heterocycles. The second-order valence-corrected chi connectivity index (χ2v) is 6.82. The van der Waals surface area contributed by atoms with E-state index in [0.29, 0.717) is 5.56 Å². The summed E-state index contributed by atoms with van der Waals surface area (Å²) in [6.45, 7) is 1.93. The molecule has 1 aliphatic heterocycles. The van der Waals surface area contributed by atoms with Crippen LogP contribution in [0, 0.1) is 0 Å². The minimum absolute atomic E-state index is 0.354. The number of aromatic amines is 1. The third kappa shape index (κ3) is 4.11. The van der Waals surface area contributed by atoms with Gasteiger partial charge in [-0.3, -0.25) is 0 Å². The van der Waals surface area contributed by atoms with E-state index in [-0.39, 0.29) is 0 Å². The zero-order valence-corrected chi connectivity index (χ0v) is 15.7. The lowest BCUT2D eigenvalue weighted by Crippen LogP contribution is -2.26. The van der Waals surface area contributed by atoms with Gasteiger partial charge in [0.25, 0.3) is 0 Å². The Bertz CT molecular complexity index is 874. The quantitative estimate of drug-likeness (QED) is 0.625. The van der Waals surface area contributed by atoms with Crippen LogP contribution in [0.15, 0.2) is 48.5 Å². The lowest BCUT2D eigenvalue weighted by atomic mass is 10.0. The molecule has 0 saturated heterocycles. The number of aromatic carboxylic acids is 1. The van der Waals surface area contributed by atoms with Crippen LogP contribution in [-0.4, -0.2) is 34.6 Å². The molecule has 0 bridgehead atoms. The maximum atomic E-state index is 11.0. The van der Waals surface area contributed by atoms with Crippen LogP contribution in [0.5, 0.6) is 0 Å². The highest BCUT2D eigenvalue weighted by molar-refractivity contribution is 9.08. The molecule has 0 spiro atoms. The Labute approximate surface area is 155 Å². The first kappa shape index (κ1) is 17.7. The van der Waals surface area contributed by atoms with Gasteiger partial charge in [0.05, 0.1) is 5.56 Å². The summed E-state index contributed by atoms with van der Waals surface area (Å²) < 4.78 is 0. The van der Waals surface area contributed by atoms with Crippen molar-refractivity contribution in [1.82, 2.24) is 9.88 Å². The van der Waals surface area contributed by atoms with Crippen molar-refractivity contribution in [1.29, 1.82) is 0 Å². The molecule has 0 saturated carbocycles. The summed E-state index contributed by atoms with van der Waals surface area (Å²) in [5, 5.41) is 11.0. The number of likely N-dealkylation sites (N-methyl/N-ethyl adjacent to an activating group) is 1. The van der Waals surface area contributed by atoms with Crippen LogP contribution in [0.3, 0.4) is 0 Å². The van der Waals surface area contributed by atoms with Crippen LogP contribution >= 0.6 is 15.9 Å². The Morgan fingerprint density at radius 3 is 2.64 bits per heavy atom. The number of carboxylic acid groups (broad SMARTS) is 1. The zero-order chi connectivity index (χ0) is 17.8. The summed E-state index contributed by atoms with van der Waals surface area (Å²) in [7, 11) is 2.09. The van der Waals surface area contributed by atoms with Gasteiger partial charge in [-0.1, -0.05) is 46.3 Å². The van der Waals surface area contributed by atoms with Crippen LogP contribution in [0.25, 0.3) is 10.9 Å². The van der Waals surface area contributed by atoms with Crippen molar-refractivity contribution < 1.29 is 9.90 Å². The van der Waals surface area contributed by atoms with Gasteiger partial charge in [0.15, 0.2) is 0 Å². The highest BCUT2D eigenvalue weighted by atomic mass is 79.9. The summed E-state index contributed by atoms with van der Waals surface area (Å²) in [6.07, 6.45) is 1.00. The number of alkyl halides is 1. The predicted molar refractivity (Wildman–Crippen MR) is 104 cm³/mol. The Balaban J connectivity index is 0.000000192. The summed E-state index contributed by atoms with van der Waals surface area (Å²) in [4.78, 5) is 16.6. The van der Waals surface area contributed by atoms with Gasteiger partial charge in [-0.2, -0.15) is 0 Å². The number of aromatic nitrogens is 1. The van der Waals surface area contributed by atoms with Crippen molar-refractivity contribution in [3.8, 4) is 0 Å². The van der Waals surface area contributed by atoms with Crippen LogP contribution in [-0.2, 0) is 18.3 Å². The Morgan fingerprint density at radius 1 is 1.24 bits per heavy atom. The van der Waals surface area contributed by atoms with Crippen molar-refractivity contribution in [2.45, 2.75) is 18.3 Å². The second-order valence-electron chi connectivity index (χ2n) is 6.25. The number of nitrogens with zero attached hydrogens (tertiary/aromatic N) is 1. The topological polar surface area (TPSA) is 56.3 Å². The van der Waals surface area contributed by atoms with Gasteiger partial charge in [-0.15, -0.1) is 0 Å². The first-order chi connectivity index (χ1) is 12.1. The van der Waals surface area contributed by atoms with E-state index in [0.717, 1.165) is 35.7 Å². The van der Waals surface area contributed by atoms with Gasteiger partial charge < -0.3 is 15.0 Å². The molecule has 3 aromatic rings. The monoisotopic (exact) mass is 400 g/mol. The van der Waals surface area contributed by atoms with Crippen molar-refractivity contribution in [3.05, 3.63) is 70.9 Å². The van der Waals surface area contributed by atoms with Crippen LogP contribution in [0.4, 0.5) is 0 Å². The number of benzene rings is 2. The highest BCUT2D eigenvalue weighted by Gasteiger charge is 2.19. The van der Waals surface area contributed by atoms with E-state index in [4.69, 9.17) is 5.11 Å². The molecule has 4 nitrogen and oxygen atoms in total. The third-order valence-corrected chi connectivity index (χ3v) is 5.06. The van der Waals surface area contributed by atoms with E-state index in [1.807, 2.05) is 24.3 Å². The number of H-pyrrole nitrogens is 1. The van der Waals surface area contributed by atoms with Crippen LogP contribution in [0.2, 0.25) is 0 Å². The molecule has 5 heteroatoms. The van der Waals surface area contributed by atoms with Gasteiger partial charge in [-0.05, 0) is 36.4 Å². The molecule has 0 radical (unpaired) electrons. The first-order valence-electron chi connectivity index (χ1n) is 8.23. The highest BCUT2D eigenvalue weighted by Crippen LogP contribution is 2.27. The number of fused-ring (bicyclic) bond motifs is 3. The van der Waals surface area contributed by atoms with Crippen molar-refractivity contribution in [3.63, 3.8) is 0 Å². The van der Waals surface area contributed by atoms with Gasteiger partial charge in [0, 0.05) is 41.4 Å². The van der Waals surface area contributed by atoms with Crippen LogP contribution in [0.1, 0.15) is 27.2 Å². The summed E-state index contributed by atoms with van der Waals surface area (Å²) >= 11 is 3.36. The average molecular weight is 401 g/mol. The zero-order valence-electron chi connectivity index (χ0n) is 14.1. The number of carboxylic acids is 1. The molecule has 4 rings (SSSR count). The molecule has 0 atom stereocenters. The normalized spacial score (nSPS) is 13.8. The Kier molecular flexibility index (Phi) is 5.56. The average Bonchev–Trinajstić information content (AvgIpc) is 3.00. The lowest BCUT2D eigenvalue weighted by molar-refractivity contribution is 0.0697. The maximum Gasteiger partial charge on any atom is 0.335 e. The molecule has 1 aliphatic rings. The molecule has 0 fully saturated rings. The largest absolute Gasteiger partial charge is 0.478 e. The van der Waals surface area contributed by atoms with E-state index in [1.54, 1.807) is 12.1 Å². The molecular weight excluding hydrogens is 380 g/mol. The Morgan fingerprint density at radius 2 is 2.00 bits per heavy atom. The third-order valence-electron chi connectivity index (χ3n) is 4.41. The maximum absolute atomic E-state index is 11.0. The molecule has 2 N–H and O–H groups in total. The number of hydrogen-bond donors (Lipinski definition) is 2. The summed E-state index contributed by atoms with van der Waals surface area (Å²) in [6, 6.07) is 15.6. The van der Waals surface area contributed by atoms with Gasteiger partial charge in [-0.25, -0.2) is 4.79 Å². The number of carbonyl (C=O) groups is 1. The smallest absolute Gasteiger partial charge is 0.335 e. The number of halogens is 1. The van der Waals surface area contributed by atoms with Crippen molar-refractivity contribution in [2.24, 2.45) is 0 Å². The van der Waals surface area contributed by atoms with E-state index >= 15 is 0 Å². The Hall–Kier alpha value is -2.11. The molecule has 25 heavy (non-hydrogen) atoms. The molecule has 0 aliphatic carbocycles. The van der Waals surface area contributed by atoms with Crippen molar-refractivity contribution in [2.75, 3.05) is 13.6 Å². The molecule has 2 aromatic carbocycles. The van der Waals surface area contributed by atoms with E-state index in [9.17, 15) is 4.79 Å². The fourth-order valence-electron chi connectivity index (χ4n) is 3.05. The molecule has 0 unspecified atom stereocenters. The van der Waals surface area contributed by atoms with Crippen LogP contribution < -0.4 is 0 Å². The molecule has 130 valence electrons. The molecule has 0 amide bonds. The predicted octanol–water partition coefficient (Wildman–Crippen LogP) is 4.44. The summed E-state index contributed by atoms with van der Waals surface area (Å²) in [5.41, 5.74) is 5.22. The number of nitrogens with one attached hydrogen (secondary N) is 1.